The first kappa shape index (κ1) is 37.1. The van der Waals surface area contributed by atoms with Crippen molar-refractivity contribution in [2.24, 2.45) is 20.5 Å². The standard InChI is InChI=1S/C32H35N11O.2C2H6/c1-21-35-31(42(5)20-34-19-41(4)22(2)44)37-32(36-21)43(6)30-18-17-29(25-13-9-10-14-26(25)30)40-39-28-16-15-27(38-33-3)23-11-7-8-12-24(23)28;2*1-2/h7-18,34H,19-20H2,1-6H3;2*1-2H3. The Kier molecular flexibility index (Phi) is 14.0. The summed E-state index contributed by atoms with van der Waals surface area (Å²) in [5.74, 6) is 1.61. The van der Waals surface area contributed by atoms with E-state index < -0.39 is 0 Å². The molecule has 0 aliphatic rings. The van der Waals surface area contributed by atoms with Gasteiger partial charge < -0.3 is 14.7 Å². The maximum atomic E-state index is 11.5. The number of amides is 1. The summed E-state index contributed by atoms with van der Waals surface area (Å²) in [4.78, 5) is 30.8. The second-order valence-corrected chi connectivity index (χ2v) is 10.3. The Balaban J connectivity index is 0.00000151. The van der Waals surface area contributed by atoms with Crippen LogP contribution in [0.4, 0.5) is 34.6 Å². The van der Waals surface area contributed by atoms with Crippen molar-refractivity contribution in [2.75, 3.05) is 51.3 Å². The third-order valence-electron chi connectivity index (χ3n) is 7.19. The van der Waals surface area contributed by atoms with Gasteiger partial charge in [-0.1, -0.05) is 76.2 Å². The molecule has 1 aromatic heterocycles. The first-order chi connectivity index (χ1) is 23.3. The number of aryl methyl sites for hydroxylation is 1. The number of anilines is 3. The number of benzene rings is 4. The minimum Gasteiger partial charge on any atom is -0.333 e. The topological polar surface area (TPSA) is 127 Å². The van der Waals surface area contributed by atoms with E-state index in [1.54, 1.807) is 19.0 Å². The summed E-state index contributed by atoms with van der Waals surface area (Å²) in [6, 6.07) is 23.8. The van der Waals surface area contributed by atoms with Gasteiger partial charge in [0.1, 0.15) is 5.82 Å². The van der Waals surface area contributed by atoms with Crippen LogP contribution >= 0.6 is 0 Å². The fourth-order valence-electron chi connectivity index (χ4n) is 4.75. The van der Waals surface area contributed by atoms with Crippen molar-refractivity contribution in [3.05, 3.63) is 78.6 Å². The molecule has 5 rings (SSSR count). The van der Waals surface area contributed by atoms with Gasteiger partial charge >= 0.3 is 0 Å². The molecule has 5 aromatic rings. The van der Waals surface area contributed by atoms with Crippen LogP contribution in [-0.4, -0.2) is 67.3 Å². The highest BCUT2D eigenvalue weighted by atomic mass is 16.2. The lowest BCUT2D eigenvalue weighted by Gasteiger charge is -2.24. The minimum absolute atomic E-state index is 0.0117. The van der Waals surface area contributed by atoms with Crippen molar-refractivity contribution in [3.63, 3.8) is 0 Å². The van der Waals surface area contributed by atoms with Gasteiger partial charge in [0, 0.05) is 56.7 Å². The van der Waals surface area contributed by atoms with Crippen LogP contribution in [0.3, 0.4) is 0 Å². The van der Waals surface area contributed by atoms with Crippen molar-refractivity contribution in [3.8, 4) is 0 Å². The van der Waals surface area contributed by atoms with Gasteiger partial charge in [-0.3, -0.25) is 10.1 Å². The van der Waals surface area contributed by atoms with E-state index in [0.717, 1.165) is 44.3 Å². The zero-order valence-electron chi connectivity index (χ0n) is 29.7. The quantitative estimate of drug-likeness (QED) is 0.118. The third-order valence-corrected chi connectivity index (χ3v) is 7.19. The van der Waals surface area contributed by atoms with E-state index in [0.29, 0.717) is 31.1 Å². The lowest BCUT2D eigenvalue weighted by Crippen LogP contribution is -2.40. The summed E-state index contributed by atoms with van der Waals surface area (Å²) in [5.41, 5.74) is 3.20. The Labute approximate surface area is 283 Å². The lowest BCUT2D eigenvalue weighted by molar-refractivity contribution is -0.127. The molecule has 0 bridgehead atoms. The van der Waals surface area contributed by atoms with Crippen LogP contribution < -0.4 is 15.1 Å². The Morgan fingerprint density at radius 3 is 1.69 bits per heavy atom. The van der Waals surface area contributed by atoms with E-state index in [4.69, 9.17) is 4.98 Å². The average Bonchev–Trinajstić information content (AvgIpc) is 3.12. The molecule has 0 radical (unpaired) electrons. The van der Waals surface area contributed by atoms with Crippen LogP contribution in [0.5, 0.6) is 0 Å². The second kappa shape index (κ2) is 18.1. The van der Waals surface area contributed by atoms with Gasteiger partial charge in [0.05, 0.1) is 36.1 Å². The van der Waals surface area contributed by atoms with E-state index in [9.17, 15) is 4.79 Å². The number of azo groups is 2. The van der Waals surface area contributed by atoms with Gasteiger partial charge in [-0.05, 0) is 31.2 Å². The first-order valence-corrected chi connectivity index (χ1v) is 16.1. The Morgan fingerprint density at radius 1 is 0.667 bits per heavy atom. The molecule has 0 saturated carbocycles. The monoisotopic (exact) mass is 649 g/mol. The maximum Gasteiger partial charge on any atom is 0.234 e. The summed E-state index contributed by atoms with van der Waals surface area (Å²) < 4.78 is 0. The normalized spacial score (nSPS) is 10.9. The molecule has 252 valence electrons. The number of carbonyl (C=O) groups is 1. The summed E-state index contributed by atoms with van der Waals surface area (Å²) in [5, 5.41) is 24.6. The van der Waals surface area contributed by atoms with Gasteiger partial charge in [0.15, 0.2) is 0 Å². The van der Waals surface area contributed by atoms with Crippen LogP contribution in [-0.2, 0) is 4.79 Å². The molecule has 1 N–H and O–H groups in total. The van der Waals surface area contributed by atoms with E-state index in [1.807, 2.05) is 125 Å². The van der Waals surface area contributed by atoms with Crippen LogP contribution in [0.25, 0.3) is 21.5 Å². The fourth-order valence-corrected chi connectivity index (χ4v) is 4.75. The van der Waals surface area contributed by atoms with E-state index in [2.05, 4.69) is 41.8 Å². The molecule has 0 fully saturated rings. The van der Waals surface area contributed by atoms with Gasteiger partial charge in [-0.15, -0.1) is 10.2 Å². The molecule has 0 aliphatic heterocycles. The zero-order chi connectivity index (χ0) is 35.2. The average molecular weight is 650 g/mol. The summed E-state index contributed by atoms with van der Waals surface area (Å²) in [6.45, 7) is 12.2. The number of nitrogens with one attached hydrogen (secondary N) is 1. The molecule has 1 heterocycles. The Morgan fingerprint density at radius 2 is 1.15 bits per heavy atom. The molecule has 1 amide bonds. The van der Waals surface area contributed by atoms with Crippen molar-refractivity contribution in [1.29, 1.82) is 0 Å². The molecule has 0 atom stereocenters. The van der Waals surface area contributed by atoms with Crippen molar-refractivity contribution < 1.29 is 4.79 Å². The number of rotatable bonds is 10. The highest BCUT2D eigenvalue weighted by molar-refractivity contribution is 6.02. The molecule has 0 saturated heterocycles. The SMILES string of the molecule is CC.CC.CN=Nc1ccc(N=Nc2ccc(N(C)c3nc(C)nc(N(C)CNCN(C)C(C)=O)n3)c3ccccc23)c2ccccc12. The number of carbonyl (C=O) groups excluding carboxylic acids is 1. The number of aromatic nitrogens is 3. The molecule has 0 aliphatic carbocycles. The molecule has 48 heavy (non-hydrogen) atoms. The number of hydrogen-bond donors (Lipinski definition) is 1. The minimum atomic E-state index is -0.0117. The second-order valence-electron chi connectivity index (χ2n) is 10.3. The molecule has 0 unspecified atom stereocenters. The van der Waals surface area contributed by atoms with E-state index in [-0.39, 0.29) is 5.91 Å². The fraction of sp³-hybridized carbons (Fsp3) is 0.333. The van der Waals surface area contributed by atoms with Crippen molar-refractivity contribution in [2.45, 2.75) is 41.5 Å². The van der Waals surface area contributed by atoms with Crippen LogP contribution in [0.1, 0.15) is 40.4 Å². The third kappa shape index (κ3) is 8.91. The number of nitrogens with zero attached hydrogens (tertiary/aromatic N) is 10. The van der Waals surface area contributed by atoms with Crippen LogP contribution in [0, 0.1) is 6.92 Å². The molecule has 12 heteroatoms. The number of hydrogen-bond acceptors (Lipinski definition) is 11. The highest BCUT2D eigenvalue weighted by Gasteiger charge is 2.16. The Hall–Kier alpha value is -5.36. The summed E-state index contributed by atoms with van der Waals surface area (Å²) in [6.07, 6.45) is 0. The summed E-state index contributed by atoms with van der Waals surface area (Å²) >= 11 is 0. The number of fused-ring (bicyclic) bond motifs is 2. The predicted molar refractivity (Wildman–Crippen MR) is 198 cm³/mol. The van der Waals surface area contributed by atoms with Gasteiger partial charge in [-0.2, -0.15) is 25.2 Å². The molecule has 0 spiro atoms. The molecular formula is C36H47N11O. The van der Waals surface area contributed by atoms with E-state index >= 15 is 0 Å². The first-order valence-electron chi connectivity index (χ1n) is 16.1. The van der Waals surface area contributed by atoms with Crippen LogP contribution in [0.2, 0.25) is 0 Å². The predicted octanol–water partition coefficient (Wildman–Crippen LogP) is 8.85. The van der Waals surface area contributed by atoms with Crippen molar-refractivity contribution >= 4 is 62.1 Å². The van der Waals surface area contributed by atoms with E-state index in [1.165, 1.54) is 6.92 Å². The van der Waals surface area contributed by atoms with Gasteiger partial charge in [0.25, 0.3) is 0 Å². The maximum absolute atomic E-state index is 11.5. The van der Waals surface area contributed by atoms with Crippen molar-refractivity contribution in [1.82, 2.24) is 25.2 Å². The van der Waals surface area contributed by atoms with Gasteiger partial charge in [-0.25, -0.2) is 0 Å². The highest BCUT2D eigenvalue weighted by Crippen LogP contribution is 2.38. The van der Waals surface area contributed by atoms with Gasteiger partial charge in [0.2, 0.25) is 17.8 Å². The molecular weight excluding hydrogens is 602 g/mol. The smallest absolute Gasteiger partial charge is 0.234 e. The zero-order valence-corrected chi connectivity index (χ0v) is 29.7. The molecule has 12 nitrogen and oxygen atoms in total. The largest absolute Gasteiger partial charge is 0.333 e. The summed E-state index contributed by atoms with van der Waals surface area (Å²) in [7, 11) is 7.22. The molecule has 4 aromatic carbocycles. The lowest BCUT2D eigenvalue weighted by atomic mass is 10.1. The van der Waals surface area contributed by atoms with Crippen LogP contribution in [0.15, 0.2) is 93.3 Å². The Bertz CT molecular complexity index is 1870.